The molecule has 0 spiro atoms. The van der Waals surface area contributed by atoms with Gasteiger partial charge in [-0.1, -0.05) is 22.0 Å². The normalized spacial score (nSPS) is 10.7. The van der Waals surface area contributed by atoms with Crippen molar-refractivity contribution in [2.75, 3.05) is 0 Å². The Kier molecular flexibility index (Phi) is 4.72. The highest BCUT2D eigenvalue weighted by Crippen LogP contribution is 2.11. The lowest BCUT2D eigenvalue weighted by atomic mass is 10.2. The van der Waals surface area contributed by atoms with E-state index in [9.17, 15) is 9.59 Å². The fourth-order valence-corrected chi connectivity index (χ4v) is 1.45. The SMILES string of the molecule is CC(C)(C)OC(=O)ONC(=O)c1cccc(Br)c1. The Labute approximate surface area is 114 Å². The second-order valence-electron chi connectivity index (χ2n) is 4.51. The number of benzene rings is 1. The molecule has 0 unspecified atom stereocenters. The van der Waals surface area contributed by atoms with Gasteiger partial charge in [0.1, 0.15) is 5.60 Å². The minimum absolute atomic E-state index is 0.368. The molecule has 98 valence electrons. The van der Waals surface area contributed by atoms with Crippen LogP contribution in [0.1, 0.15) is 31.1 Å². The first kappa shape index (κ1) is 14.5. The van der Waals surface area contributed by atoms with E-state index in [1.54, 1.807) is 45.0 Å². The largest absolute Gasteiger partial charge is 0.533 e. The summed E-state index contributed by atoms with van der Waals surface area (Å²) in [5, 5.41) is 0. The zero-order valence-corrected chi connectivity index (χ0v) is 11.9. The predicted molar refractivity (Wildman–Crippen MR) is 68.9 cm³/mol. The van der Waals surface area contributed by atoms with E-state index >= 15 is 0 Å². The van der Waals surface area contributed by atoms with Crippen molar-refractivity contribution in [2.45, 2.75) is 26.4 Å². The summed E-state index contributed by atoms with van der Waals surface area (Å²) >= 11 is 3.24. The topological polar surface area (TPSA) is 64.6 Å². The lowest BCUT2D eigenvalue weighted by molar-refractivity contribution is -0.0281. The highest BCUT2D eigenvalue weighted by molar-refractivity contribution is 9.10. The van der Waals surface area contributed by atoms with Crippen molar-refractivity contribution in [3.63, 3.8) is 0 Å². The molecule has 0 aromatic heterocycles. The fourth-order valence-electron chi connectivity index (χ4n) is 1.05. The van der Waals surface area contributed by atoms with Crippen LogP contribution in [0.2, 0.25) is 0 Å². The molecule has 0 saturated carbocycles. The van der Waals surface area contributed by atoms with Gasteiger partial charge in [-0.25, -0.2) is 4.79 Å². The summed E-state index contributed by atoms with van der Waals surface area (Å²) in [7, 11) is 0. The molecule has 0 fully saturated rings. The molecule has 0 bridgehead atoms. The molecule has 1 aromatic rings. The quantitative estimate of drug-likeness (QED) is 0.639. The first-order valence-corrected chi connectivity index (χ1v) is 6.03. The van der Waals surface area contributed by atoms with Gasteiger partial charge >= 0.3 is 6.16 Å². The molecule has 0 atom stereocenters. The lowest BCUT2D eigenvalue weighted by Gasteiger charge is -2.18. The van der Waals surface area contributed by atoms with E-state index in [-0.39, 0.29) is 0 Å². The molecule has 1 amide bonds. The van der Waals surface area contributed by atoms with Crippen LogP contribution in [-0.4, -0.2) is 17.7 Å². The first-order chi connectivity index (χ1) is 8.28. The number of carbonyl (C=O) groups excluding carboxylic acids is 2. The summed E-state index contributed by atoms with van der Waals surface area (Å²) in [6.07, 6.45) is -0.953. The van der Waals surface area contributed by atoms with Crippen LogP contribution in [0.3, 0.4) is 0 Å². The third-order valence-electron chi connectivity index (χ3n) is 1.70. The van der Waals surface area contributed by atoms with Gasteiger partial charge in [0, 0.05) is 10.0 Å². The Hall–Kier alpha value is -1.56. The molecule has 0 aliphatic carbocycles. The third kappa shape index (κ3) is 5.18. The lowest BCUT2D eigenvalue weighted by Crippen LogP contribution is -2.31. The number of nitrogens with one attached hydrogen (secondary N) is 1. The summed E-state index contributed by atoms with van der Waals surface area (Å²) < 4.78 is 5.62. The molecule has 0 aliphatic heterocycles. The van der Waals surface area contributed by atoms with Crippen molar-refractivity contribution in [1.29, 1.82) is 0 Å². The van der Waals surface area contributed by atoms with Crippen molar-refractivity contribution >= 4 is 28.0 Å². The van der Waals surface area contributed by atoms with E-state index in [1.807, 2.05) is 5.48 Å². The average Bonchev–Trinajstić information content (AvgIpc) is 2.23. The van der Waals surface area contributed by atoms with E-state index in [2.05, 4.69) is 20.8 Å². The Bertz CT molecular complexity index is 454. The van der Waals surface area contributed by atoms with E-state index in [0.717, 1.165) is 4.47 Å². The molecule has 0 heterocycles. The number of rotatable bonds is 1. The van der Waals surface area contributed by atoms with Crippen molar-refractivity contribution in [1.82, 2.24) is 5.48 Å². The van der Waals surface area contributed by atoms with Crippen LogP contribution >= 0.6 is 15.9 Å². The number of hydrogen-bond donors (Lipinski definition) is 1. The van der Waals surface area contributed by atoms with Gasteiger partial charge < -0.3 is 9.57 Å². The number of carbonyl (C=O) groups is 2. The molecule has 6 heteroatoms. The summed E-state index contributed by atoms with van der Waals surface area (Å²) in [4.78, 5) is 27.3. The maximum Gasteiger partial charge on any atom is 0.533 e. The summed E-state index contributed by atoms with van der Waals surface area (Å²) in [5.41, 5.74) is 1.71. The van der Waals surface area contributed by atoms with Crippen molar-refractivity contribution in [3.05, 3.63) is 34.3 Å². The van der Waals surface area contributed by atoms with Crippen LogP contribution in [-0.2, 0) is 9.57 Å². The number of amides is 1. The van der Waals surface area contributed by atoms with Gasteiger partial charge in [0.2, 0.25) is 0 Å². The second-order valence-corrected chi connectivity index (χ2v) is 5.42. The molecule has 5 nitrogen and oxygen atoms in total. The van der Waals surface area contributed by atoms with Gasteiger partial charge in [0.05, 0.1) is 0 Å². The van der Waals surface area contributed by atoms with Crippen LogP contribution in [0, 0.1) is 0 Å². The monoisotopic (exact) mass is 315 g/mol. The first-order valence-electron chi connectivity index (χ1n) is 5.24. The third-order valence-corrected chi connectivity index (χ3v) is 2.20. The van der Waals surface area contributed by atoms with Crippen molar-refractivity contribution in [3.8, 4) is 0 Å². The molecule has 0 saturated heterocycles. The highest BCUT2D eigenvalue weighted by atomic mass is 79.9. The van der Waals surface area contributed by atoms with Crippen LogP contribution < -0.4 is 5.48 Å². The Morgan fingerprint density at radius 1 is 1.28 bits per heavy atom. The number of hydrogen-bond acceptors (Lipinski definition) is 4. The molecule has 1 rings (SSSR count). The minimum atomic E-state index is -0.953. The Morgan fingerprint density at radius 3 is 2.50 bits per heavy atom. The maximum atomic E-state index is 11.6. The summed E-state index contributed by atoms with van der Waals surface area (Å²) in [6.45, 7) is 5.10. The highest BCUT2D eigenvalue weighted by Gasteiger charge is 2.18. The van der Waals surface area contributed by atoms with Gasteiger partial charge in [-0.2, -0.15) is 5.48 Å². The molecule has 18 heavy (non-hydrogen) atoms. The van der Waals surface area contributed by atoms with Crippen molar-refractivity contribution < 1.29 is 19.2 Å². The van der Waals surface area contributed by atoms with Crippen molar-refractivity contribution in [2.24, 2.45) is 0 Å². The zero-order chi connectivity index (χ0) is 13.8. The maximum absolute atomic E-state index is 11.6. The molecule has 1 N–H and O–H groups in total. The Balaban J connectivity index is 2.49. The van der Waals surface area contributed by atoms with Gasteiger partial charge in [-0.3, -0.25) is 4.79 Å². The molecule has 1 aromatic carbocycles. The number of hydroxylamine groups is 1. The van der Waals surface area contributed by atoms with Crippen LogP contribution in [0.4, 0.5) is 4.79 Å². The van der Waals surface area contributed by atoms with Gasteiger partial charge in [-0.15, -0.1) is 0 Å². The van der Waals surface area contributed by atoms with Gasteiger partial charge in [0.15, 0.2) is 0 Å². The fraction of sp³-hybridized carbons (Fsp3) is 0.333. The molecular formula is C12H14BrNO4. The van der Waals surface area contributed by atoms with E-state index in [4.69, 9.17) is 4.74 Å². The summed E-state index contributed by atoms with van der Waals surface area (Å²) in [6, 6.07) is 6.68. The molecule has 0 radical (unpaired) electrons. The average molecular weight is 316 g/mol. The van der Waals surface area contributed by atoms with Crippen LogP contribution in [0.15, 0.2) is 28.7 Å². The number of ether oxygens (including phenoxy) is 1. The number of halogens is 1. The molecular weight excluding hydrogens is 302 g/mol. The smallest absolute Gasteiger partial charge is 0.427 e. The second kappa shape index (κ2) is 5.86. The minimum Gasteiger partial charge on any atom is -0.427 e. The Morgan fingerprint density at radius 2 is 1.94 bits per heavy atom. The van der Waals surface area contributed by atoms with Gasteiger partial charge in [0.25, 0.3) is 5.91 Å². The van der Waals surface area contributed by atoms with E-state index in [1.165, 1.54) is 0 Å². The van der Waals surface area contributed by atoms with Crippen LogP contribution in [0.25, 0.3) is 0 Å². The van der Waals surface area contributed by atoms with Gasteiger partial charge in [-0.05, 0) is 39.0 Å². The van der Waals surface area contributed by atoms with E-state index < -0.39 is 17.7 Å². The molecule has 0 aliphatic rings. The standard InChI is InChI=1S/C12H14BrNO4/c1-12(2,3)17-11(16)18-14-10(15)8-5-4-6-9(13)7-8/h4-7H,1-3H3,(H,14,15). The van der Waals surface area contributed by atoms with E-state index in [0.29, 0.717) is 5.56 Å². The zero-order valence-electron chi connectivity index (χ0n) is 10.3. The van der Waals surface area contributed by atoms with Crippen LogP contribution in [0.5, 0.6) is 0 Å². The summed E-state index contributed by atoms with van der Waals surface area (Å²) in [5.74, 6) is -0.526. The predicted octanol–water partition coefficient (Wildman–Crippen LogP) is 3.05.